The molecule has 0 fully saturated rings. The van der Waals surface area contributed by atoms with E-state index >= 15 is 0 Å². The van der Waals surface area contributed by atoms with Crippen molar-refractivity contribution in [2.45, 2.75) is 26.2 Å². The lowest BCUT2D eigenvalue weighted by molar-refractivity contribution is -0.136. The van der Waals surface area contributed by atoms with Gasteiger partial charge in [0, 0.05) is 4.70 Å². The molecule has 0 amide bonds. The van der Waals surface area contributed by atoms with Crippen LogP contribution < -0.4 is 0 Å². The quantitative estimate of drug-likeness (QED) is 0.880. The van der Waals surface area contributed by atoms with Crippen LogP contribution in [-0.4, -0.2) is 11.1 Å². The van der Waals surface area contributed by atoms with E-state index in [9.17, 15) is 4.79 Å². The van der Waals surface area contributed by atoms with Gasteiger partial charge in [-0.25, -0.2) is 0 Å². The fraction of sp³-hybridized carbons (Fsp3) is 0.308. The van der Waals surface area contributed by atoms with E-state index < -0.39 is 5.97 Å². The zero-order chi connectivity index (χ0) is 11.7. The van der Waals surface area contributed by atoms with E-state index in [2.05, 4.69) is 19.2 Å². The summed E-state index contributed by atoms with van der Waals surface area (Å²) >= 11 is 1.69. The molecule has 2 rings (SSSR count). The van der Waals surface area contributed by atoms with E-state index in [-0.39, 0.29) is 6.42 Å². The zero-order valence-electron chi connectivity index (χ0n) is 9.36. The molecule has 0 bridgehead atoms. The smallest absolute Gasteiger partial charge is 0.307 e. The number of hydrogen-bond donors (Lipinski definition) is 1. The summed E-state index contributed by atoms with van der Waals surface area (Å²) in [4.78, 5) is 10.6. The van der Waals surface area contributed by atoms with Crippen LogP contribution in [0.5, 0.6) is 0 Å². The molecule has 0 saturated heterocycles. The number of benzene rings is 1. The first-order valence-corrected chi connectivity index (χ1v) is 6.17. The van der Waals surface area contributed by atoms with Gasteiger partial charge in [0.1, 0.15) is 0 Å². The average molecular weight is 234 g/mol. The Balaban J connectivity index is 2.45. The van der Waals surface area contributed by atoms with Crippen molar-refractivity contribution in [2.24, 2.45) is 0 Å². The zero-order valence-corrected chi connectivity index (χ0v) is 10.2. The standard InChI is InChI=1S/C13H14O2S/c1-8(2)11-7-16-12-5-9(6-13(14)15)3-4-10(11)12/h3-5,7-8H,6H2,1-2H3,(H,14,15). The van der Waals surface area contributed by atoms with Gasteiger partial charge in [-0.3, -0.25) is 4.79 Å². The molecule has 16 heavy (non-hydrogen) atoms. The van der Waals surface area contributed by atoms with Crippen LogP contribution in [0, 0.1) is 0 Å². The molecule has 1 aromatic heterocycles. The Kier molecular flexibility index (Phi) is 2.97. The van der Waals surface area contributed by atoms with Crippen molar-refractivity contribution in [1.29, 1.82) is 0 Å². The molecule has 1 heterocycles. The summed E-state index contributed by atoms with van der Waals surface area (Å²) in [6.07, 6.45) is 0.102. The van der Waals surface area contributed by atoms with Crippen molar-refractivity contribution in [2.75, 3.05) is 0 Å². The molecule has 2 nitrogen and oxygen atoms in total. The van der Waals surface area contributed by atoms with Gasteiger partial charge in [0.15, 0.2) is 0 Å². The maximum absolute atomic E-state index is 10.6. The first-order valence-electron chi connectivity index (χ1n) is 5.29. The van der Waals surface area contributed by atoms with Crippen LogP contribution >= 0.6 is 11.3 Å². The number of carboxylic acids is 1. The number of aliphatic carboxylic acids is 1. The highest BCUT2D eigenvalue weighted by atomic mass is 32.1. The van der Waals surface area contributed by atoms with Crippen molar-refractivity contribution in [3.05, 3.63) is 34.7 Å². The van der Waals surface area contributed by atoms with E-state index in [0.29, 0.717) is 5.92 Å². The third-order valence-electron chi connectivity index (χ3n) is 2.65. The minimum absolute atomic E-state index is 0.102. The van der Waals surface area contributed by atoms with E-state index in [1.54, 1.807) is 11.3 Å². The SMILES string of the molecule is CC(C)c1csc2cc(CC(=O)O)ccc12. The molecule has 2 aromatic rings. The average Bonchev–Trinajstić information content (AvgIpc) is 2.59. The highest BCUT2D eigenvalue weighted by Crippen LogP contribution is 2.31. The van der Waals surface area contributed by atoms with Crippen molar-refractivity contribution in [3.8, 4) is 0 Å². The molecule has 0 saturated carbocycles. The third-order valence-corrected chi connectivity index (χ3v) is 3.61. The van der Waals surface area contributed by atoms with Crippen LogP contribution in [0.25, 0.3) is 10.1 Å². The first-order chi connectivity index (χ1) is 7.58. The number of rotatable bonds is 3. The van der Waals surface area contributed by atoms with Crippen molar-refractivity contribution < 1.29 is 9.90 Å². The van der Waals surface area contributed by atoms with Crippen LogP contribution in [0.15, 0.2) is 23.6 Å². The summed E-state index contributed by atoms with van der Waals surface area (Å²) in [5.74, 6) is -0.265. The molecule has 84 valence electrons. The second-order valence-electron chi connectivity index (χ2n) is 4.25. The molecule has 0 unspecified atom stereocenters. The second-order valence-corrected chi connectivity index (χ2v) is 5.16. The summed E-state index contributed by atoms with van der Waals surface area (Å²) in [6.45, 7) is 4.35. The molecule has 1 aromatic carbocycles. The Morgan fingerprint density at radius 1 is 1.44 bits per heavy atom. The maximum atomic E-state index is 10.6. The van der Waals surface area contributed by atoms with Gasteiger partial charge in [0.05, 0.1) is 6.42 Å². The van der Waals surface area contributed by atoms with Crippen molar-refractivity contribution in [1.82, 2.24) is 0 Å². The van der Waals surface area contributed by atoms with Crippen molar-refractivity contribution in [3.63, 3.8) is 0 Å². The monoisotopic (exact) mass is 234 g/mol. The molecule has 0 radical (unpaired) electrons. The normalized spacial score (nSPS) is 11.2. The minimum atomic E-state index is -0.778. The fourth-order valence-electron chi connectivity index (χ4n) is 1.82. The Labute approximate surface area is 98.5 Å². The fourth-order valence-corrected chi connectivity index (χ4v) is 3.01. The maximum Gasteiger partial charge on any atom is 0.307 e. The Morgan fingerprint density at radius 3 is 2.81 bits per heavy atom. The summed E-state index contributed by atoms with van der Waals surface area (Å²) in [5, 5.41) is 12.2. The summed E-state index contributed by atoms with van der Waals surface area (Å²) < 4.78 is 1.18. The predicted molar refractivity (Wildman–Crippen MR) is 67.3 cm³/mol. The van der Waals surface area contributed by atoms with E-state index in [4.69, 9.17) is 5.11 Å². The lowest BCUT2D eigenvalue weighted by Crippen LogP contribution is -1.99. The third kappa shape index (κ3) is 2.09. The highest BCUT2D eigenvalue weighted by Gasteiger charge is 2.08. The molecule has 0 aliphatic carbocycles. The van der Waals surface area contributed by atoms with Gasteiger partial charge in [-0.05, 0) is 33.9 Å². The molecule has 0 atom stereocenters. The van der Waals surface area contributed by atoms with Crippen LogP contribution in [0.2, 0.25) is 0 Å². The molecular formula is C13H14O2S. The second kappa shape index (κ2) is 4.26. The van der Waals surface area contributed by atoms with Crippen molar-refractivity contribution >= 4 is 27.4 Å². The van der Waals surface area contributed by atoms with Crippen LogP contribution in [0.3, 0.4) is 0 Å². The highest BCUT2D eigenvalue weighted by molar-refractivity contribution is 7.17. The van der Waals surface area contributed by atoms with Crippen LogP contribution in [-0.2, 0) is 11.2 Å². The lowest BCUT2D eigenvalue weighted by Gasteiger charge is -2.03. The summed E-state index contributed by atoms with van der Waals surface area (Å²) in [6, 6.07) is 5.94. The number of fused-ring (bicyclic) bond motifs is 1. The number of thiophene rings is 1. The van der Waals surface area contributed by atoms with Gasteiger partial charge >= 0.3 is 5.97 Å². The Hall–Kier alpha value is -1.35. The first kappa shape index (κ1) is 11.1. The minimum Gasteiger partial charge on any atom is -0.481 e. The molecule has 3 heteroatoms. The topological polar surface area (TPSA) is 37.3 Å². The molecule has 0 aliphatic heterocycles. The predicted octanol–water partition coefficient (Wildman–Crippen LogP) is 3.65. The molecule has 0 spiro atoms. The van der Waals surface area contributed by atoms with Crippen LogP contribution in [0.4, 0.5) is 0 Å². The van der Waals surface area contributed by atoms with Crippen LogP contribution in [0.1, 0.15) is 30.9 Å². The van der Waals surface area contributed by atoms with E-state index in [0.717, 1.165) is 5.56 Å². The number of carbonyl (C=O) groups is 1. The molecule has 1 N–H and O–H groups in total. The number of carboxylic acid groups (broad SMARTS) is 1. The largest absolute Gasteiger partial charge is 0.481 e. The van der Waals surface area contributed by atoms with Gasteiger partial charge < -0.3 is 5.11 Å². The van der Waals surface area contributed by atoms with Gasteiger partial charge in [-0.1, -0.05) is 26.0 Å². The summed E-state index contributed by atoms with van der Waals surface area (Å²) in [5.41, 5.74) is 2.22. The van der Waals surface area contributed by atoms with Gasteiger partial charge in [-0.15, -0.1) is 11.3 Å². The molecule has 0 aliphatic rings. The number of hydrogen-bond acceptors (Lipinski definition) is 2. The van der Waals surface area contributed by atoms with Gasteiger partial charge in [0.2, 0.25) is 0 Å². The Bertz CT molecular complexity index is 526. The van der Waals surface area contributed by atoms with E-state index in [1.807, 2.05) is 18.2 Å². The Morgan fingerprint density at radius 2 is 2.19 bits per heavy atom. The van der Waals surface area contributed by atoms with E-state index in [1.165, 1.54) is 15.6 Å². The molecular weight excluding hydrogens is 220 g/mol. The summed E-state index contributed by atoms with van der Waals surface area (Å²) in [7, 11) is 0. The van der Waals surface area contributed by atoms with Gasteiger partial charge in [-0.2, -0.15) is 0 Å². The van der Waals surface area contributed by atoms with Gasteiger partial charge in [0.25, 0.3) is 0 Å². The lowest BCUT2D eigenvalue weighted by atomic mass is 10.0.